The molecule has 3 heterocycles. The average Bonchev–Trinajstić information content (AvgIpc) is 3.41. The maximum Gasteiger partial charge on any atom is 0.434 e. The van der Waals surface area contributed by atoms with Gasteiger partial charge in [-0.3, -0.25) is 4.79 Å². The van der Waals surface area contributed by atoms with Gasteiger partial charge in [-0.1, -0.05) is 6.92 Å². The number of fused-ring (bicyclic) bond motifs is 4. The number of ether oxygens (including phenoxy) is 2. The van der Waals surface area contributed by atoms with E-state index in [0.29, 0.717) is 50.1 Å². The maximum atomic E-state index is 14.5. The van der Waals surface area contributed by atoms with E-state index in [1.165, 1.54) is 11.0 Å². The van der Waals surface area contributed by atoms with Crippen molar-refractivity contribution in [2.24, 2.45) is 17.8 Å². The van der Waals surface area contributed by atoms with Gasteiger partial charge in [0.15, 0.2) is 5.69 Å². The van der Waals surface area contributed by atoms with Crippen LogP contribution >= 0.6 is 0 Å². The van der Waals surface area contributed by atoms with Crippen LogP contribution in [-0.2, 0) is 21.1 Å². The van der Waals surface area contributed by atoms with E-state index in [2.05, 4.69) is 15.3 Å². The molecule has 0 radical (unpaired) electrons. The van der Waals surface area contributed by atoms with E-state index in [1.54, 1.807) is 12.1 Å². The van der Waals surface area contributed by atoms with E-state index in [0.717, 1.165) is 12.6 Å². The average molecular weight is 625 g/mol. The molecular formula is C30H33F5N4O5. The topological polar surface area (TPSA) is 114 Å². The zero-order chi connectivity index (χ0) is 31.4. The monoisotopic (exact) mass is 624 g/mol. The summed E-state index contributed by atoms with van der Waals surface area (Å²) < 4.78 is 79.7. The quantitative estimate of drug-likeness (QED) is 0.397. The molecule has 1 aromatic carbocycles. The summed E-state index contributed by atoms with van der Waals surface area (Å²) in [6.07, 6.45) is -3.76. The third-order valence-corrected chi connectivity index (χ3v) is 9.71. The highest BCUT2D eigenvalue weighted by Crippen LogP contribution is 2.52. The van der Waals surface area contributed by atoms with E-state index < -0.39 is 59.2 Å². The van der Waals surface area contributed by atoms with Crippen LogP contribution in [0.2, 0.25) is 0 Å². The number of halogens is 5. The van der Waals surface area contributed by atoms with Gasteiger partial charge in [0.05, 0.1) is 5.56 Å². The lowest BCUT2D eigenvalue weighted by Gasteiger charge is -2.34. The Morgan fingerprint density at radius 3 is 2.64 bits per heavy atom. The van der Waals surface area contributed by atoms with Crippen LogP contribution in [0.1, 0.15) is 67.1 Å². The maximum absolute atomic E-state index is 14.5. The fourth-order valence-electron chi connectivity index (χ4n) is 7.83. The number of carboxylic acids is 1. The number of hydrogen-bond donors (Lipinski definition) is 2. The summed E-state index contributed by atoms with van der Waals surface area (Å²) in [5.41, 5.74) is -3.36. The molecule has 1 amide bonds. The Bertz CT molecular complexity index is 1450. The van der Waals surface area contributed by atoms with Crippen molar-refractivity contribution in [3.05, 3.63) is 41.2 Å². The molecule has 2 N–H and O–H groups in total. The van der Waals surface area contributed by atoms with Crippen molar-refractivity contribution in [1.82, 2.24) is 15.3 Å². The van der Waals surface area contributed by atoms with Gasteiger partial charge in [0.2, 0.25) is 5.95 Å². The third kappa shape index (κ3) is 5.34. The van der Waals surface area contributed by atoms with E-state index in [1.807, 2.05) is 6.92 Å². The zero-order valence-corrected chi connectivity index (χ0v) is 24.0. The van der Waals surface area contributed by atoms with Gasteiger partial charge in [-0.15, -0.1) is 0 Å². The normalized spacial score (nSPS) is 27.4. The Hall–Kier alpha value is -3.55. The highest BCUT2D eigenvalue weighted by atomic mass is 19.4. The van der Waals surface area contributed by atoms with Crippen LogP contribution in [0.5, 0.6) is 5.75 Å². The molecule has 6 rings (SSSR count). The van der Waals surface area contributed by atoms with Gasteiger partial charge < -0.3 is 24.8 Å². The lowest BCUT2D eigenvalue weighted by Crippen LogP contribution is -2.57. The molecule has 4 atom stereocenters. The number of aromatic nitrogens is 2. The SMILES string of the molecule is CC1CC2CC(C1)C(NC(=O)c1cnc(N3CC4(CCOCC4)c4cc(OCC(F)F)ccc43)nc1C(F)(F)F)(C(=O)O)C2. The Balaban J connectivity index is 1.35. The lowest BCUT2D eigenvalue weighted by atomic mass is 9.76. The Morgan fingerprint density at radius 1 is 1.20 bits per heavy atom. The summed E-state index contributed by atoms with van der Waals surface area (Å²) >= 11 is 0. The Labute approximate surface area is 250 Å². The molecule has 1 aromatic heterocycles. The second-order valence-electron chi connectivity index (χ2n) is 12.6. The molecule has 2 saturated carbocycles. The number of carboxylic acid groups (broad SMARTS) is 1. The molecule has 9 nitrogen and oxygen atoms in total. The zero-order valence-electron chi connectivity index (χ0n) is 24.0. The fourth-order valence-corrected chi connectivity index (χ4v) is 7.83. The van der Waals surface area contributed by atoms with Crippen LogP contribution < -0.4 is 15.0 Å². The Morgan fingerprint density at radius 2 is 1.95 bits per heavy atom. The summed E-state index contributed by atoms with van der Waals surface area (Å²) in [5, 5.41) is 12.7. The molecule has 4 aliphatic rings. The highest BCUT2D eigenvalue weighted by Gasteiger charge is 2.57. The summed E-state index contributed by atoms with van der Waals surface area (Å²) in [6, 6.07) is 4.66. The first-order valence-corrected chi connectivity index (χ1v) is 14.7. The predicted octanol–water partition coefficient (Wildman–Crippen LogP) is 5.35. The Kier molecular flexibility index (Phi) is 7.70. The number of carbonyl (C=O) groups excluding carboxylic acids is 1. The number of benzene rings is 1. The van der Waals surface area contributed by atoms with Crippen LogP contribution in [0.4, 0.5) is 33.6 Å². The van der Waals surface area contributed by atoms with Crippen molar-refractivity contribution in [2.45, 2.75) is 69.0 Å². The number of aliphatic carboxylic acids is 1. The van der Waals surface area contributed by atoms with Crippen molar-refractivity contribution in [3.8, 4) is 5.75 Å². The van der Waals surface area contributed by atoms with Gasteiger partial charge in [0.1, 0.15) is 17.9 Å². The van der Waals surface area contributed by atoms with E-state index in [-0.39, 0.29) is 36.5 Å². The van der Waals surface area contributed by atoms with Gasteiger partial charge in [0.25, 0.3) is 12.3 Å². The van der Waals surface area contributed by atoms with Gasteiger partial charge >= 0.3 is 12.1 Å². The van der Waals surface area contributed by atoms with Crippen molar-refractivity contribution in [1.29, 1.82) is 0 Å². The van der Waals surface area contributed by atoms with Crippen LogP contribution in [0, 0.1) is 17.8 Å². The standard InChI is InChI=1S/C30H33F5N4O5/c1-16-8-17-10-18(9-16)29(12-17,26(41)42)38-25(40)20-13-36-27(37-24(20)30(33,34)35)39-15-28(4-6-43-7-5-28)21-11-19(2-3-22(21)39)44-14-23(31)32/h2-3,11,13,16-18,23H,4-10,12,14-15H2,1H3,(H,38,40)(H,41,42). The van der Waals surface area contributed by atoms with Crippen molar-refractivity contribution in [2.75, 3.05) is 31.3 Å². The smallest absolute Gasteiger partial charge is 0.434 e. The van der Waals surface area contributed by atoms with Crippen LogP contribution in [0.3, 0.4) is 0 Å². The molecule has 2 aliphatic heterocycles. The molecule has 4 unspecified atom stereocenters. The van der Waals surface area contributed by atoms with Crippen molar-refractivity contribution >= 4 is 23.5 Å². The van der Waals surface area contributed by atoms with Crippen LogP contribution in [0.15, 0.2) is 24.4 Å². The number of nitrogens with zero attached hydrogens (tertiary/aromatic N) is 3. The molecule has 44 heavy (non-hydrogen) atoms. The lowest BCUT2D eigenvalue weighted by molar-refractivity contribution is -0.146. The van der Waals surface area contributed by atoms with E-state index in [4.69, 9.17) is 9.47 Å². The summed E-state index contributed by atoms with van der Waals surface area (Å²) in [5.74, 6) is -2.61. The highest BCUT2D eigenvalue weighted by molar-refractivity contribution is 5.99. The first kappa shape index (κ1) is 30.5. The fraction of sp³-hybridized carbons (Fsp3) is 0.600. The number of amides is 1. The van der Waals surface area contributed by atoms with Crippen molar-refractivity contribution in [3.63, 3.8) is 0 Å². The molecule has 3 fully saturated rings. The largest absolute Gasteiger partial charge is 0.488 e. The van der Waals surface area contributed by atoms with Gasteiger partial charge in [-0.05, 0) is 80.0 Å². The number of hydrogen-bond acceptors (Lipinski definition) is 7. The molecule has 1 saturated heterocycles. The minimum absolute atomic E-state index is 0.0647. The second kappa shape index (κ2) is 11.1. The number of nitrogens with one attached hydrogen (secondary N) is 1. The number of alkyl halides is 5. The van der Waals surface area contributed by atoms with Crippen molar-refractivity contribution < 1.29 is 46.1 Å². The molecule has 238 valence electrons. The molecular weight excluding hydrogens is 591 g/mol. The summed E-state index contributed by atoms with van der Waals surface area (Å²) in [6.45, 7) is 2.20. The first-order valence-electron chi connectivity index (χ1n) is 14.7. The van der Waals surface area contributed by atoms with Gasteiger partial charge in [0, 0.05) is 37.1 Å². The van der Waals surface area contributed by atoms with Crippen LogP contribution in [-0.4, -0.2) is 65.3 Å². The minimum Gasteiger partial charge on any atom is -0.488 e. The molecule has 14 heteroatoms. The van der Waals surface area contributed by atoms with Gasteiger partial charge in [-0.25, -0.2) is 23.5 Å². The number of rotatable bonds is 7. The number of anilines is 2. The van der Waals surface area contributed by atoms with E-state index in [9.17, 15) is 36.6 Å². The third-order valence-electron chi connectivity index (χ3n) is 9.71. The van der Waals surface area contributed by atoms with Gasteiger partial charge in [-0.2, -0.15) is 13.2 Å². The molecule has 1 spiro atoms. The minimum atomic E-state index is -5.05. The second-order valence-corrected chi connectivity index (χ2v) is 12.6. The number of carbonyl (C=O) groups is 2. The molecule has 2 aliphatic carbocycles. The summed E-state index contributed by atoms with van der Waals surface area (Å²) in [4.78, 5) is 35.5. The first-order chi connectivity index (χ1) is 20.8. The van der Waals surface area contributed by atoms with E-state index >= 15 is 0 Å². The predicted molar refractivity (Wildman–Crippen MR) is 146 cm³/mol. The summed E-state index contributed by atoms with van der Waals surface area (Å²) in [7, 11) is 0. The molecule has 2 aromatic rings. The molecule has 2 bridgehead atoms. The van der Waals surface area contributed by atoms with Crippen LogP contribution in [0.25, 0.3) is 0 Å².